The summed E-state index contributed by atoms with van der Waals surface area (Å²) in [6, 6.07) is 7.31. The minimum absolute atomic E-state index is 0.0590. The molecular weight excluding hydrogens is 270 g/mol. The van der Waals surface area contributed by atoms with E-state index < -0.39 is 0 Å². The zero-order chi connectivity index (χ0) is 15.2. The maximum atomic E-state index is 12.0. The topological polar surface area (TPSA) is 92.9 Å². The zero-order valence-corrected chi connectivity index (χ0v) is 12.2. The molecule has 0 bridgehead atoms. The SMILES string of the molecule is CC(C)n1nnnc1-c1cccc(C(=O)NCCCO)c1. The number of nitrogens with one attached hydrogen (secondary N) is 1. The fourth-order valence-electron chi connectivity index (χ4n) is 1.91. The van der Waals surface area contributed by atoms with E-state index in [9.17, 15) is 4.79 Å². The number of carbonyl (C=O) groups is 1. The highest BCUT2D eigenvalue weighted by molar-refractivity contribution is 5.95. The van der Waals surface area contributed by atoms with Crippen molar-refractivity contribution in [2.75, 3.05) is 13.2 Å². The summed E-state index contributed by atoms with van der Waals surface area (Å²) >= 11 is 0. The molecule has 1 aromatic heterocycles. The zero-order valence-electron chi connectivity index (χ0n) is 12.2. The lowest BCUT2D eigenvalue weighted by Gasteiger charge is -2.09. The smallest absolute Gasteiger partial charge is 0.251 e. The first-order chi connectivity index (χ1) is 10.1. The van der Waals surface area contributed by atoms with Gasteiger partial charge in [-0.05, 0) is 42.8 Å². The van der Waals surface area contributed by atoms with Gasteiger partial charge < -0.3 is 10.4 Å². The Hall–Kier alpha value is -2.28. The molecule has 0 saturated heterocycles. The lowest BCUT2D eigenvalue weighted by molar-refractivity contribution is 0.0951. The van der Waals surface area contributed by atoms with Gasteiger partial charge in [0.1, 0.15) is 0 Å². The number of benzene rings is 1. The third-order valence-electron chi connectivity index (χ3n) is 2.99. The summed E-state index contributed by atoms with van der Waals surface area (Å²) in [5.74, 6) is 0.462. The van der Waals surface area contributed by atoms with Gasteiger partial charge in [0.25, 0.3) is 5.91 Å². The van der Waals surface area contributed by atoms with Gasteiger partial charge in [0.05, 0.1) is 6.04 Å². The number of aromatic nitrogens is 4. The minimum Gasteiger partial charge on any atom is -0.396 e. The van der Waals surface area contributed by atoms with Crippen LogP contribution in [0.1, 0.15) is 36.7 Å². The fraction of sp³-hybridized carbons (Fsp3) is 0.429. The maximum absolute atomic E-state index is 12.0. The van der Waals surface area contributed by atoms with Crippen molar-refractivity contribution in [2.45, 2.75) is 26.3 Å². The fourth-order valence-corrected chi connectivity index (χ4v) is 1.91. The second kappa shape index (κ2) is 6.94. The number of aliphatic hydroxyl groups excluding tert-OH is 1. The van der Waals surface area contributed by atoms with Crippen molar-refractivity contribution >= 4 is 5.91 Å². The van der Waals surface area contributed by atoms with E-state index in [2.05, 4.69) is 20.8 Å². The molecule has 2 rings (SSSR count). The van der Waals surface area contributed by atoms with Crippen LogP contribution >= 0.6 is 0 Å². The van der Waals surface area contributed by atoms with E-state index in [1.165, 1.54) is 0 Å². The molecule has 0 saturated carbocycles. The molecule has 21 heavy (non-hydrogen) atoms. The molecule has 0 fully saturated rings. The van der Waals surface area contributed by atoms with Crippen LogP contribution in [0, 0.1) is 0 Å². The quantitative estimate of drug-likeness (QED) is 0.775. The number of rotatable bonds is 6. The third kappa shape index (κ3) is 3.63. The van der Waals surface area contributed by atoms with Gasteiger partial charge in [-0.15, -0.1) is 5.10 Å². The van der Waals surface area contributed by atoms with E-state index in [4.69, 9.17) is 5.11 Å². The highest BCUT2D eigenvalue weighted by Gasteiger charge is 2.13. The maximum Gasteiger partial charge on any atom is 0.251 e. The molecule has 7 nitrogen and oxygen atoms in total. The Morgan fingerprint density at radius 2 is 2.24 bits per heavy atom. The van der Waals surface area contributed by atoms with E-state index in [1.54, 1.807) is 22.9 Å². The Morgan fingerprint density at radius 3 is 2.95 bits per heavy atom. The number of hydrogen-bond acceptors (Lipinski definition) is 5. The van der Waals surface area contributed by atoms with Gasteiger partial charge in [-0.1, -0.05) is 12.1 Å². The summed E-state index contributed by atoms with van der Waals surface area (Å²) < 4.78 is 1.71. The summed E-state index contributed by atoms with van der Waals surface area (Å²) in [5, 5.41) is 23.1. The third-order valence-corrected chi connectivity index (χ3v) is 2.99. The summed E-state index contributed by atoms with van der Waals surface area (Å²) in [6.07, 6.45) is 0.539. The molecule has 1 aromatic carbocycles. The molecule has 0 radical (unpaired) electrons. The first kappa shape index (κ1) is 15.1. The summed E-state index contributed by atoms with van der Waals surface area (Å²) in [6.45, 7) is 4.49. The highest BCUT2D eigenvalue weighted by Crippen LogP contribution is 2.19. The van der Waals surface area contributed by atoms with Crippen molar-refractivity contribution in [1.29, 1.82) is 0 Å². The minimum atomic E-state index is -0.172. The Bertz CT molecular complexity index is 609. The Labute approximate surface area is 123 Å². The molecule has 2 aromatic rings. The molecule has 0 atom stereocenters. The van der Waals surface area contributed by atoms with Crippen LogP contribution in [0.5, 0.6) is 0 Å². The normalized spacial score (nSPS) is 10.9. The van der Waals surface area contributed by atoms with Gasteiger partial charge in [0.2, 0.25) is 0 Å². The lowest BCUT2D eigenvalue weighted by Crippen LogP contribution is -2.25. The van der Waals surface area contributed by atoms with Crippen LogP contribution < -0.4 is 5.32 Å². The first-order valence-corrected chi connectivity index (χ1v) is 6.91. The number of tetrazole rings is 1. The summed E-state index contributed by atoms with van der Waals surface area (Å²) in [5.41, 5.74) is 1.34. The molecule has 0 spiro atoms. The van der Waals surface area contributed by atoms with E-state index in [-0.39, 0.29) is 18.6 Å². The molecule has 112 valence electrons. The summed E-state index contributed by atoms with van der Waals surface area (Å²) in [4.78, 5) is 12.0. The van der Waals surface area contributed by atoms with Gasteiger partial charge in [-0.3, -0.25) is 4.79 Å². The summed E-state index contributed by atoms with van der Waals surface area (Å²) in [7, 11) is 0. The monoisotopic (exact) mass is 289 g/mol. The van der Waals surface area contributed by atoms with Gasteiger partial charge in [-0.25, -0.2) is 4.68 Å². The largest absolute Gasteiger partial charge is 0.396 e. The Morgan fingerprint density at radius 1 is 1.43 bits per heavy atom. The second-order valence-electron chi connectivity index (χ2n) is 4.95. The first-order valence-electron chi connectivity index (χ1n) is 6.91. The molecule has 0 aliphatic carbocycles. The van der Waals surface area contributed by atoms with E-state index in [0.29, 0.717) is 24.4 Å². The number of nitrogens with zero attached hydrogens (tertiary/aromatic N) is 4. The van der Waals surface area contributed by atoms with Crippen LogP contribution in [0.25, 0.3) is 11.4 Å². The molecule has 7 heteroatoms. The number of hydrogen-bond donors (Lipinski definition) is 2. The second-order valence-corrected chi connectivity index (χ2v) is 4.95. The van der Waals surface area contributed by atoms with Gasteiger partial charge in [-0.2, -0.15) is 0 Å². The predicted octanol–water partition coefficient (Wildman–Crippen LogP) is 1.03. The Kier molecular flexibility index (Phi) is 4.99. The Balaban J connectivity index is 2.21. The number of amides is 1. The standard InChI is InChI=1S/C14H19N5O2/c1-10(2)19-13(16-17-18-19)11-5-3-6-12(9-11)14(21)15-7-4-8-20/h3,5-6,9-10,20H,4,7-8H2,1-2H3,(H,15,21). The average Bonchev–Trinajstić information content (AvgIpc) is 2.97. The van der Waals surface area contributed by atoms with Crippen molar-refractivity contribution < 1.29 is 9.90 Å². The highest BCUT2D eigenvalue weighted by atomic mass is 16.3. The lowest BCUT2D eigenvalue weighted by atomic mass is 10.1. The van der Waals surface area contributed by atoms with Crippen LogP contribution in [0.4, 0.5) is 0 Å². The van der Waals surface area contributed by atoms with Gasteiger partial charge in [0.15, 0.2) is 5.82 Å². The van der Waals surface area contributed by atoms with Crippen molar-refractivity contribution in [3.63, 3.8) is 0 Å². The molecule has 0 unspecified atom stereocenters. The molecular formula is C14H19N5O2. The molecule has 0 aliphatic heterocycles. The predicted molar refractivity (Wildman–Crippen MR) is 77.7 cm³/mol. The van der Waals surface area contributed by atoms with Crippen molar-refractivity contribution in [2.24, 2.45) is 0 Å². The molecule has 0 aliphatic rings. The molecule has 1 amide bonds. The number of carbonyl (C=O) groups excluding carboxylic acids is 1. The number of aliphatic hydroxyl groups is 1. The molecule has 2 N–H and O–H groups in total. The van der Waals surface area contributed by atoms with Crippen LogP contribution in [-0.2, 0) is 0 Å². The van der Waals surface area contributed by atoms with Crippen molar-refractivity contribution in [3.05, 3.63) is 29.8 Å². The van der Waals surface area contributed by atoms with Gasteiger partial charge >= 0.3 is 0 Å². The van der Waals surface area contributed by atoms with Crippen LogP contribution in [0.2, 0.25) is 0 Å². The van der Waals surface area contributed by atoms with E-state index >= 15 is 0 Å². The average molecular weight is 289 g/mol. The van der Waals surface area contributed by atoms with Crippen molar-refractivity contribution in [3.8, 4) is 11.4 Å². The van der Waals surface area contributed by atoms with Gasteiger partial charge in [0, 0.05) is 24.3 Å². The van der Waals surface area contributed by atoms with Crippen LogP contribution in [-0.4, -0.2) is 44.4 Å². The van der Waals surface area contributed by atoms with Crippen molar-refractivity contribution in [1.82, 2.24) is 25.5 Å². The van der Waals surface area contributed by atoms with Crippen LogP contribution in [0.3, 0.4) is 0 Å². The van der Waals surface area contributed by atoms with E-state index in [0.717, 1.165) is 5.56 Å². The van der Waals surface area contributed by atoms with E-state index in [1.807, 2.05) is 19.9 Å². The molecule has 1 heterocycles. The van der Waals surface area contributed by atoms with Crippen LogP contribution in [0.15, 0.2) is 24.3 Å².